The van der Waals surface area contributed by atoms with Crippen molar-refractivity contribution in [2.45, 2.75) is 195 Å². The van der Waals surface area contributed by atoms with Crippen molar-refractivity contribution in [2.75, 3.05) is 62.4 Å². The molecule has 0 aliphatic carbocycles. The molecule has 566 valence electrons. The molecule has 0 bridgehead atoms. The van der Waals surface area contributed by atoms with Gasteiger partial charge in [0, 0.05) is 26.1 Å². The number of hydrogen-bond donors (Lipinski definition) is 12. The molecular weight excluding hydrogens is 1170 g/mol. The van der Waals surface area contributed by atoms with Crippen molar-refractivity contribution in [1.82, 2.24) is 29.5 Å². The molecule has 91 heavy (non-hydrogen) atoms. The number of likely N-dealkylation sites (tertiary alicyclic amines) is 1. The Hall–Kier alpha value is -6.20. The van der Waals surface area contributed by atoms with Gasteiger partial charge in [0.25, 0.3) is 0 Å². The Bertz CT molecular complexity index is 979. The van der Waals surface area contributed by atoms with Crippen LogP contribution in [0.25, 0.3) is 0 Å². The third-order valence-corrected chi connectivity index (χ3v) is 7.57. The minimum absolute atomic E-state index is 0. The summed E-state index contributed by atoms with van der Waals surface area (Å²) in [5.74, 6) is 3.77. The fourth-order valence-corrected chi connectivity index (χ4v) is 2.64. The van der Waals surface area contributed by atoms with Crippen molar-refractivity contribution in [3.8, 4) is 0 Å². The average molecular weight is 1330 g/mol. The third kappa shape index (κ3) is 491. The van der Waals surface area contributed by atoms with E-state index >= 15 is 0 Å². The first-order valence-corrected chi connectivity index (χ1v) is 28.2. The Balaban J connectivity index is -0.0000000178. The summed E-state index contributed by atoms with van der Waals surface area (Å²) in [6, 6.07) is 20.9. The molecular formula is C66H164N12O13. The standard InChI is InChI=1S/2C8H10.C7H13NO.4C5H12.C3H8O.C2H6.7CH5N.11CH2O.4H3N/c2*1-2-8-6-4-3-5-7-8;1-7(9)8-5-3-2-4-6-8;4*1-4-5(2)3;1-3(2)4;19*1-2;;;;/h2*3-7H,2H2,1H3;2-6H2,1H3;4*5H,4H2,1-3H3;3-4H,1-2H3;1-2H3;7*2H2,1H3;11*1H2;4*1H3. The predicted molar refractivity (Wildman–Crippen MR) is 406 cm³/mol. The van der Waals surface area contributed by atoms with Gasteiger partial charge in [0.15, 0.2) is 0 Å². The Kier molecular flexibility index (Phi) is 667. The third-order valence-electron chi connectivity index (χ3n) is 7.57. The van der Waals surface area contributed by atoms with E-state index in [-0.39, 0.29) is 36.6 Å². The van der Waals surface area contributed by atoms with Crippen LogP contribution in [0, 0.1) is 23.7 Å². The van der Waals surface area contributed by atoms with Gasteiger partial charge in [-0.3, -0.25) is 4.79 Å². The molecule has 2 aromatic carbocycles. The molecule has 0 radical (unpaired) electrons. The predicted octanol–water partition coefficient (Wildman–Crippen LogP) is 10.8. The summed E-state index contributed by atoms with van der Waals surface area (Å²) in [4.78, 5) is 101. The molecule has 25 nitrogen and oxygen atoms in total. The van der Waals surface area contributed by atoms with E-state index in [4.69, 9.17) is 57.8 Å². The number of carbonyl (C=O) groups excluding carboxylic acids is 12. The first-order valence-electron chi connectivity index (χ1n) is 28.2. The first kappa shape index (κ1) is 185. The maximum atomic E-state index is 10.7. The summed E-state index contributed by atoms with van der Waals surface area (Å²) >= 11 is 0. The van der Waals surface area contributed by atoms with Crippen molar-refractivity contribution in [2.24, 2.45) is 63.8 Å². The summed E-state index contributed by atoms with van der Waals surface area (Å²) in [5.41, 5.74) is 34.3. The fraction of sp³-hybridized carbons (Fsp3) is 0.636. The molecule has 1 fully saturated rings. The summed E-state index contributed by atoms with van der Waals surface area (Å²) in [6.07, 6.45) is 11.0. The Morgan fingerprint density at radius 2 is 0.473 bits per heavy atom. The van der Waals surface area contributed by atoms with Gasteiger partial charge in [0.1, 0.15) is 74.7 Å². The lowest BCUT2D eigenvalue weighted by Gasteiger charge is -2.24. The molecule has 0 spiro atoms. The summed E-state index contributed by atoms with van der Waals surface area (Å²) in [6.45, 7) is 63.9. The van der Waals surface area contributed by atoms with Gasteiger partial charge < -0.3 is 127 Å². The molecule has 1 amide bonds. The lowest BCUT2D eigenvalue weighted by Crippen LogP contribution is -2.33. The first-order chi connectivity index (χ1) is 42.0. The molecule has 2 aromatic rings. The van der Waals surface area contributed by atoms with Gasteiger partial charge in [0.2, 0.25) is 5.91 Å². The zero-order chi connectivity index (χ0) is 77.0. The van der Waals surface area contributed by atoms with Crippen LogP contribution in [0.5, 0.6) is 0 Å². The van der Waals surface area contributed by atoms with Gasteiger partial charge in [-0.15, -0.1) is 0 Å². The smallest absolute Gasteiger partial charge is 0.219 e. The Morgan fingerprint density at radius 1 is 0.352 bits per heavy atom. The number of aliphatic hydroxyl groups is 1. The molecule has 1 saturated heterocycles. The Labute approximate surface area is 564 Å². The molecule has 25 heteroatoms. The second kappa shape index (κ2) is 329. The second-order valence-electron chi connectivity index (χ2n) is 14.5. The largest absolute Gasteiger partial charge is 0.394 e. The average Bonchev–Trinajstić information content (AvgIpc) is 3.64. The lowest BCUT2D eigenvalue weighted by atomic mass is 10.1. The maximum Gasteiger partial charge on any atom is 0.219 e. The van der Waals surface area contributed by atoms with Crippen LogP contribution in [0.4, 0.5) is 0 Å². The SMILES string of the molecule is C=O.C=O.C=O.C=O.C=O.C=O.C=O.C=O.C=O.C=O.C=O.CC.CC(=O)N1CCCCC1.CC(C)O.CCC(C)C.CCC(C)C.CCC(C)C.CCC(C)C.CCc1ccccc1.CCc1ccccc1.CN.CN.CN.CN.CN.CN.CN.N.N.N.N. The second-order valence-corrected chi connectivity index (χ2v) is 14.5. The Morgan fingerprint density at radius 3 is 0.538 bits per heavy atom. The zero-order valence-electron chi connectivity index (χ0n) is 64.4. The van der Waals surface area contributed by atoms with Gasteiger partial charge in [-0.2, -0.15) is 0 Å². The highest BCUT2D eigenvalue weighted by atomic mass is 16.3. The molecule has 1 aliphatic rings. The number of hydrogen-bond acceptors (Lipinski definition) is 24. The van der Waals surface area contributed by atoms with E-state index in [0.717, 1.165) is 49.6 Å². The molecule has 0 atom stereocenters. The number of aliphatic hydroxyl groups excluding tert-OH is 1. The van der Waals surface area contributed by atoms with E-state index < -0.39 is 0 Å². The van der Waals surface area contributed by atoms with Crippen LogP contribution < -0.4 is 64.7 Å². The molecule has 0 aromatic heterocycles. The van der Waals surface area contributed by atoms with E-state index in [2.05, 4.69) is 186 Å². The van der Waals surface area contributed by atoms with E-state index in [9.17, 15) is 4.79 Å². The van der Waals surface area contributed by atoms with E-state index in [1.165, 1.54) is 105 Å². The van der Waals surface area contributed by atoms with Crippen LogP contribution >= 0.6 is 0 Å². The number of nitrogens with two attached hydrogens (primary N) is 7. The van der Waals surface area contributed by atoms with Gasteiger partial charge in [0.05, 0.1) is 0 Å². The summed E-state index contributed by atoms with van der Waals surface area (Å²) in [7, 11) is 10.5. The summed E-state index contributed by atoms with van der Waals surface area (Å²) < 4.78 is 0. The highest BCUT2D eigenvalue weighted by Crippen LogP contribution is 2.07. The van der Waals surface area contributed by atoms with Gasteiger partial charge >= 0.3 is 0 Å². The number of aryl methyl sites for hydroxylation is 2. The van der Waals surface area contributed by atoms with E-state index in [1.54, 1.807) is 20.8 Å². The highest BCUT2D eigenvalue weighted by Gasteiger charge is 2.11. The topological polar surface area (TPSA) is 550 Å². The van der Waals surface area contributed by atoms with Crippen LogP contribution in [-0.4, -0.2) is 159 Å². The fourth-order valence-electron chi connectivity index (χ4n) is 2.64. The highest BCUT2D eigenvalue weighted by molar-refractivity contribution is 5.73. The summed E-state index contributed by atoms with van der Waals surface area (Å²) in [5, 5.41) is 8.06. The van der Waals surface area contributed by atoms with Gasteiger partial charge in [-0.05, 0) is 130 Å². The van der Waals surface area contributed by atoms with Crippen molar-refractivity contribution in [3.05, 3.63) is 71.8 Å². The van der Waals surface area contributed by atoms with E-state index in [1.807, 2.05) is 106 Å². The molecule has 0 unspecified atom stereocenters. The molecule has 27 N–H and O–H groups in total. The minimum Gasteiger partial charge on any atom is -0.394 e. The molecule has 1 heterocycles. The zero-order valence-corrected chi connectivity index (χ0v) is 64.4. The van der Waals surface area contributed by atoms with Crippen molar-refractivity contribution < 1.29 is 62.6 Å². The van der Waals surface area contributed by atoms with Crippen LogP contribution in [-0.2, 0) is 70.4 Å². The number of piperidine rings is 1. The van der Waals surface area contributed by atoms with Crippen molar-refractivity contribution in [3.63, 3.8) is 0 Å². The van der Waals surface area contributed by atoms with Crippen LogP contribution in [0.1, 0.15) is 188 Å². The van der Waals surface area contributed by atoms with E-state index in [0.29, 0.717) is 0 Å². The van der Waals surface area contributed by atoms with Crippen LogP contribution in [0.3, 0.4) is 0 Å². The quantitative estimate of drug-likeness (QED) is 0.128. The molecule has 0 saturated carbocycles. The molecule has 1 aliphatic heterocycles. The number of carbonyl (C=O) groups is 12. The maximum absolute atomic E-state index is 10.7. The minimum atomic E-state index is -0.167. The van der Waals surface area contributed by atoms with Gasteiger partial charge in [-0.25, -0.2) is 0 Å². The van der Waals surface area contributed by atoms with Crippen LogP contribution in [0.2, 0.25) is 0 Å². The molecule has 3 rings (SSSR count). The van der Waals surface area contributed by atoms with Crippen molar-refractivity contribution >= 4 is 80.6 Å². The van der Waals surface area contributed by atoms with Crippen molar-refractivity contribution in [1.29, 1.82) is 0 Å². The monoisotopic (exact) mass is 1330 g/mol. The number of benzene rings is 2. The lowest BCUT2D eigenvalue weighted by molar-refractivity contribution is -0.129. The van der Waals surface area contributed by atoms with Crippen LogP contribution in [0.15, 0.2) is 60.7 Å². The normalized spacial score (nSPS) is 7.09. The van der Waals surface area contributed by atoms with Gasteiger partial charge in [-0.1, -0.05) is 197 Å². The number of nitrogens with zero attached hydrogens (tertiary/aromatic N) is 1. The number of amides is 1. The number of rotatable bonds is 6.